The van der Waals surface area contributed by atoms with Gasteiger partial charge >= 0.3 is 0 Å². The Kier molecular flexibility index (Phi) is 10.7. The second-order valence-electron chi connectivity index (χ2n) is 4.04. The number of hydrogen-bond donors (Lipinski definition) is 3. The molecule has 1 amide bonds. The second-order valence-corrected chi connectivity index (χ2v) is 4.04. The molecule has 1 rings (SSSR count). The SMILES string of the molecule is CCCCN=C(N)NCCNC(=O)c1cccnc1.I. The van der Waals surface area contributed by atoms with Gasteiger partial charge in [-0.15, -0.1) is 24.0 Å². The van der Waals surface area contributed by atoms with Crippen LogP contribution in [0.3, 0.4) is 0 Å². The monoisotopic (exact) mass is 391 g/mol. The summed E-state index contributed by atoms with van der Waals surface area (Å²) in [6, 6.07) is 3.45. The van der Waals surface area contributed by atoms with Gasteiger partial charge in [0.05, 0.1) is 5.56 Å². The molecule has 6 nitrogen and oxygen atoms in total. The highest BCUT2D eigenvalue weighted by atomic mass is 127. The average molecular weight is 391 g/mol. The van der Waals surface area contributed by atoms with Gasteiger partial charge in [-0.2, -0.15) is 0 Å². The predicted octanol–water partition coefficient (Wildman–Crippen LogP) is 1.13. The number of hydrogen-bond acceptors (Lipinski definition) is 3. The fourth-order valence-electron chi connectivity index (χ4n) is 1.38. The number of pyridine rings is 1. The van der Waals surface area contributed by atoms with Crippen molar-refractivity contribution in [3.8, 4) is 0 Å². The summed E-state index contributed by atoms with van der Waals surface area (Å²) in [5.74, 6) is 0.278. The van der Waals surface area contributed by atoms with Gasteiger partial charge in [0, 0.05) is 32.0 Å². The molecular weight excluding hydrogens is 369 g/mol. The number of aromatic nitrogens is 1. The van der Waals surface area contributed by atoms with E-state index in [1.54, 1.807) is 18.3 Å². The van der Waals surface area contributed by atoms with Gasteiger partial charge in [-0.25, -0.2) is 0 Å². The molecule has 1 aromatic heterocycles. The molecule has 0 radical (unpaired) electrons. The molecule has 0 atom stereocenters. The summed E-state index contributed by atoms with van der Waals surface area (Å²) < 4.78 is 0. The lowest BCUT2D eigenvalue weighted by Gasteiger charge is -2.07. The van der Waals surface area contributed by atoms with Gasteiger partial charge in [0.2, 0.25) is 0 Å². The first-order valence-corrected chi connectivity index (χ1v) is 6.46. The van der Waals surface area contributed by atoms with E-state index < -0.39 is 0 Å². The Bertz CT molecular complexity index is 410. The van der Waals surface area contributed by atoms with Gasteiger partial charge in [-0.3, -0.25) is 14.8 Å². The third kappa shape index (κ3) is 7.93. The molecule has 0 aliphatic carbocycles. The highest BCUT2D eigenvalue weighted by Crippen LogP contribution is 1.94. The number of rotatable bonds is 7. The number of halogens is 1. The van der Waals surface area contributed by atoms with Crippen molar-refractivity contribution in [1.29, 1.82) is 0 Å². The maximum absolute atomic E-state index is 11.7. The number of nitrogens with zero attached hydrogens (tertiary/aromatic N) is 2. The van der Waals surface area contributed by atoms with Crippen LogP contribution in [0.5, 0.6) is 0 Å². The Morgan fingerprint density at radius 2 is 2.15 bits per heavy atom. The summed E-state index contributed by atoms with van der Waals surface area (Å²) in [6.07, 6.45) is 5.28. The molecule has 0 bridgehead atoms. The smallest absolute Gasteiger partial charge is 0.252 e. The van der Waals surface area contributed by atoms with Crippen molar-refractivity contribution < 1.29 is 4.79 Å². The maximum atomic E-state index is 11.7. The fourth-order valence-corrected chi connectivity index (χ4v) is 1.38. The number of nitrogens with two attached hydrogens (primary N) is 1. The van der Waals surface area contributed by atoms with E-state index in [4.69, 9.17) is 5.73 Å². The first kappa shape index (κ1) is 18.6. The lowest BCUT2D eigenvalue weighted by atomic mass is 10.3. The van der Waals surface area contributed by atoms with Crippen LogP contribution in [-0.4, -0.2) is 36.5 Å². The third-order valence-corrected chi connectivity index (χ3v) is 2.43. The zero-order chi connectivity index (χ0) is 13.9. The maximum Gasteiger partial charge on any atom is 0.252 e. The lowest BCUT2D eigenvalue weighted by molar-refractivity contribution is 0.0954. The normalized spacial score (nSPS) is 10.6. The van der Waals surface area contributed by atoms with E-state index in [0.29, 0.717) is 24.6 Å². The van der Waals surface area contributed by atoms with Crippen molar-refractivity contribution in [2.45, 2.75) is 19.8 Å². The van der Waals surface area contributed by atoms with Crippen LogP contribution in [0.15, 0.2) is 29.5 Å². The van der Waals surface area contributed by atoms with Crippen LogP contribution in [-0.2, 0) is 0 Å². The number of amides is 1. The minimum Gasteiger partial charge on any atom is -0.370 e. The van der Waals surface area contributed by atoms with Crippen LogP contribution in [0, 0.1) is 0 Å². The summed E-state index contributed by atoms with van der Waals surface area (Å²) in [4.78, 5) is 19.7. The molecule has 20 heavy (non-hydrogen) atoms. The number of carbonyl (C=O) groups is 1. The van der Waals surface area contributed by atoms with Crippen LogP contribution < -0.4 is 16.4 Å². The Balaban J connectivity index is 0.00000361. The molecule has 1 aromatic rings. The zero-order valence-corrected chi connectivity index (χ0v) is 14.0. The lowest BCUT2D eigenvalue weighted by Crippen LogP contribution is -2.38. The van der Waals surface area contributed by atoms with E-state index in [-0.39, 0.29) is 29.9 Å². The molecule has 0 fully saturated rings. The molecular formula is C13H22IN5O. The van der Waals surface area contributed by atoms with E-state index in [2.05, 4.69) is 27.5 Å². The third-order valence-electron chi connectivity index (χ3n) is 2.43. The Morgan fingerprint density at radius 3 is 2.80 bits per heavy atom. The largest absolute Gasteiger partial charge is 0.370 e. The minimum absolute atomic E-state index is 0. The molecule has 0 saturated carbocycles. The summed E-state index contributed by atoms with van der Waals surface area (Å²) >= 11 is 0. The number of nitrogens with one attached hydrogen (secondary N) is 2. The fraction of sp³-hybridized carbons (Fsp3) is 0.462. The Morgan fingerprint density at radius 1 is 1.40 bits per heavy atom. The van der Waals surface area contributed by atoms with Gasteiger partial charge in [-0.1, -0.05) is 13.3 Å². The van der Waals surface area contributed by atoms with E-state index in [9.17, 15) is 4.79 Å². The molecule has 0 spiro atoms. The molecule has 112 valence electrons. The molecule has 0 unspecified atom stereocenters. The van der Waals surface area contributed by atoms with Gasteiger partial charge in [0.25, 0.3) is 5.91 Å². The van der Waals surface area contributed by atoms with Crippen molar-refractivity contribution in [3.63, 3.8) is 0 Å². The van der Waals surface area contributed by atoms with Crippen molar-refractivity contribution in [2.75, 3.05) is 19.6 Å². The quantitative estimate of drug-likeness (QED) is 0.281. The van der Waals surface area contributed by atoms with E-state index in [1.165, 1.54) is 6.20 Å². The summed E-state index contributed by atoms with van der Waals surface area (Å²) in [5, 5.41) is 5.72. The second kappa shape index (κ2) is 11.4. The average Bonchev–Trinajstić information content (AvgIpc) is 2.44. The van der Waals surface area contributed by atoms with Gasteiger partial charge in [-0.05, 0) is 18.6 Å². The Hall–Kier alpha value is -1.38. The van der Waals surface area contributed by atoms with Crippen molar-refractivity contribution >= 4 is 35.8 Å². The standard InChI is InChI=1S/C13H21N5O.HI/c1-2-3-7-17-13(14)18-9-8-16-12(19)11-5-4-6-15-10-11;/h4-6,10H,2-3,7-9H2,1H3,(H,16,19)(H3,14,17,18);1H. The van der Waals surface area contributed by atoms with Crippen LogP contribution >= 0.6 is 24.0 Å². The van der Waals surface area contributed by atoms with E-state index in [1.807, 2.05) is 0 Å². The summed E-state index contributed by atoms with van der Waals surface area (Å²) in [7, 11) is 0. The predicted molar refractivity (Wildman–Crippen MR) is 91.4 cm³/mol. The van der Waals surface area contributed by atoms with Gasteiger partial charge < -0.3 is 16.4 Å². The Labute approximate surface area is 136 Å². The topological polar surface area (TPSA) is 92.4 Å². The van der Waals surface area contributed by atoms with Gasteiger partial charge in [0.15, 0.2) is 5.96 Å². The molecule has 1 heterocycles. The number of unbranched alkanes of at least 4 members (excludes halogenated alkanes) is 1. The molecule has 7 heteroatoms. The number of carbonyl (C=O) groups excluding carboxylic acids is 1. The van der Waals surface area contributed by atoms with Crippen LogP contribution in [0.2, 0.25) is 0 Å². The summed E-state index contributed by atoms with van der Waals surface area (Å²) in [5.41, 5.74) is 6.21. The number of guanidine groups is 1. The molecule has 4 N–H and O–H groups in total. The number of aliphatic imine (C=N–C) groups is 1. The highest BCUT2D eigenvalue weighted by Gasteiger charge is 2.03. The molecule has 0 aromatic carbocycles. The minimum atomic E-state index is -0.142. The van der Waals surface area contributed by atoms with Crippen LogP contribution in [0.4, 0.5) is 0 Å². The first-order chi connectivity index (χ1) is 9.24. The van der Waals surface area contributed by atoms with Crippen molar-refractivity contribution in [2.24, 2.45) is 10.7 Å². The highest BCUT2D eigenvalue weighted by molar-refractivity contribution is 14.0. The van der Waals surface area contributed by atoms with Crippen LogP contribution in [0.25, 0.3) is 0 Å². The van der Waals surface area contributed by atoms with E-state index >= 15 is 0 Å². The molecule has 0 aliphatic heterocycles. The molecule has 0 saturated heterocycles. The van der Waals surface area contributed by atoms with Crippen LogP contribution in [0.1, 0.15) is 30.1 Å². The zero-order valence-electron chi connectivity index (χ0n) is 11.6. The van der Waals surface area contributed by atoms with Crippen molar-refractivity contribution in [3.05, 3.63) is 30.1 Å². The molecule has 0 aliphatic rings. The summed E-state index contributed by atoms with van der Waals surface area (Å²) in [6.45, 7) is 3.87. The van der Waals surface area contributed by atoms with Gasteiger partial charge in [0.1, 0.15) is 0 Å². The van der Waals surface area contributed by atoms with E-state index in [0.717, 1.165) is 19.4 Å². The van der Waals surface area contributed by atoms with Crippen molar-refractivity contribution in [1.82, 2.24) is 15.6 Å². The first-order valence-electron chi connectivity index (χ1n) is 6.46.